The van der Waals surface area contributed by atoms with Gasteiger partial charge in [-0.2, -0.15) is 0 Å². The van der Waals surface area contributed by atoms with E-state index >= 15 is 0 Å². The molecular weight excluding hydrogens is 316 g/mol. The van der Waals surface area contributed by atoms with E-state index in [4.69, 9.17) is 16.7 Å². The van der Waals surface area contributed by atoms with E-state index in [1.54, 1.807) is 31.2 Å². The minimum Gasteiger partial charge on any atom is -0.480 e. The monoisotopic (exact) mass is 332 g/mol. The van der Waals surface area contributed by atoms with Crippen molar-refractivity contribution in [2.45, 2.75) is 13.0 Å². The standard InChI is InChI=1S/C13H17ClN2O4S/c1-9(8-21(2)20)15-13(19)16(7-12(17)18)11-5-3-10(14)4-6-11/h3-6,9H,7-8H2,1-2H3,(H,15,19)(H,17,18). The number of carboxylic acid groups (broad SMARTS) is 1. The van der Waals surface area contributed by atoms with Crippen molar-refractivity contribution in [3.63, 3.8) is 0 Å². The Morgan fingerprint density at radius 2 is 1.95 bits per heavy atom. The Bertz CT molecular complexity index is 535. The molecule has 0 spiro atoms. The van der Waals surface area contributed by atoms with Crippen LogP contribution in [0.25, 0.3) is 0 Å². The van der Waals surface area contributed by atoms with Crippen molar-refractivity contribution in [3.8, 4) is 0 Å². The Hall–Kier alpha value is -1.60. The molecule has 0 aliphatic carbocycles. The Kier molecular flexibility index (Phi) is 6.64. The van der Waals surface area contributed by atoms with Gasteiger partial charge in [0.1, 0.15) is 6.54 Å². The molecule has 0 heterocycles. The SMILES string of the molecule is CC(CS(C)=O)NC(=O)N(CC(=O)O)c1ccc(Cl)cc1. The number of urea groups is 1. The summed E-state index contributed by atoms with van der Waals surface area (Å²) in [5.41, 5.74) is 0.420. The van der Waals surface area contributed by atoms with Crippen LogP contribution in [-0.2, 0) is 15.6 Å². The van der Waals surface area contributed by atoms with Gasteiger partial charge in [0.15, 0.2) is 0 Å². The first-order valence-corrected chi connectivity index (χ1v) is 8.25. The van der Waals surface area contributed by atoms with Crippen LogP contribution in [0.5, 0.6) is 0 Å². The molecule has 21 heavy (non-hydrogen) atoms. The molecule has 0 bridgehead atoms. The minimum absolute atomic E-state index is 0.299. The molecule has 116 valence electrons. The first kappa shape index (κ1) is 17.5. The van der Waals surface area contributed by atoms with Crippen LogP contribution in [0.1, 0.15) is 6.92 Å². The smallest absolute Gasteiger partial charge is 0.323 e. The highest BCUT2D eigenvalue weighted by molar-refractivity contribution is 7.84. The number of rotatable bonds is 6. The van der Waals surface area contributed by atoms with E-state index in [0.29, 0.717) is 16.5 Å². The average Bonchev–Trinajstić information content (AvgIpc) is 2.35. The van der Waals surface area contributed by atoms with E-state index in [0.717, 1.165) is 4.90 Å². The highest BCUT2D eigenvalue weighted by Gasteiger charge is 2.20. The largest absolute Gasteiger partial charge is 0.480 e. The van der Waals surface area contributed by atoms with Crippen LogP contribution in [0, 0.1) is 0 Å². The summed E-state index contributed by atoms with van der Waals surface area (Å²) in [7, 11) is -1.05. The van der Waals surface area contributed by atoms with Gasteiger partial charge in [0.25, 0.3) is 0 Å². The molecule has 0 saturated heterocycles. The van der Waals surface area contributed by atoms with Crippen LogP contribution >= 0.6 is 11.6 Å². The number of carboxylic acids is 1. The summed E-state index contributed by atoms with van der Waals surface area (Å²) < 4.78 is 11.1. The second-order valence-electron chi connectivity index (χ2n) is 4.55. The maximum absolute atomic E-state index is 12.2. The van der Waals surface area contributed by atoms with Crippen LogP contribution in [-0.4, -0.2) is 45.9 Å². The molecule has 0 fully saturated rings. The third-order valence-electron chi connectivity index (χ3n) is 2.53. The van der Waals surface area contributed by atoms with Crippen molar-refractivity contribution in [3.05, 3.63) is 29.3 Å². The summed E-state index contributed by atoms with van der Waals surface area (Å²) in [4.78, 5) is 24.2. The number of hydrogen-bond acceptors (Lipinski definition) is 3. The molecule has 2 N–H and O–H groups in total. The van der Waals surface area contributed by atoms with E-state index in [-0.39, 0.29) is 6.04 Å². The number of nitrogens with zero attached hydrogens (tertiary/aromatic N) is 1. The number of halogens is 1. The molecule has 6 nitrogen and oxygen atoms in total. The van der Waals surface area contributed by atoms with Crippen molar-refractivity contribution >= 4 is 40.1 Å². The normalized spacial score (nSPS) is 13.3. The number of aliphatic carboxylic acids is 1. The summed E-state index contributed by atoms with van der Waals surface area (Å²) in [5.74, 6) is -0.834. The number of hydrogen-bond donors (Lipinski definition) is 2. The van der Waals surface area contributed by atoms with Gasteiger partial charge in [-0.3, -0.25) is 13.9 Å². The molecular formula is C13H17ClN2O4S. The Labute approximate surface area is 130 Å². The Balaban J connectivity index is 2.86. The van der Waals surface area contributed by atoms with E-state index in [9.17, 15) is 13.8 Å². The fraction of sp³-hybridized carbons (Fsp3) is 0.385. The van der Waals surface area contributed by atoms with Crippen molar-refractivity contribution in [1.82, 2.24) is 5.32 Å². The average molecular weight is 333 g/mol. The lowest BCUT2D eigenvalue weighted by molar-refractivity contribution is -0.135. The summed E-state index contributed by atoms with van der Waals surface area (Å²) in [5, 5.41) is 12.0. The Morgan fingerprint density at radius 1 is 1.38 bits per heavy atom. The predicted octanol–water partition coefficient (Wildman–Crippen LogP) is 1.71. The van der Waals surface area contributed by atoms with Gasteiger partial charge in [-0.25, -0.2) is 4.79 Å². The summed E-state index contributed by atoms with van der Waals surface area (Å²) in [6, 6.07) is 5.39. The molecule has 0 aliphatic rings. The Morgan fingerprint density at radius 3 is 2.43 bits per heavy atom. The highest BCUT2D eigenvalue weighted by Crippen LogP contribution is 2.18. The fourth-order valence-electron chi connectivity index (χ4n) is 1.72. The van der Waals surface area contributed by atoms with Crippen molar-refractivity contribution in [2.75, 3.05) is 23.5 Å². The number of benzene rings is 1. The number of carbonyl (C=O) groups is 2. The van der Waals surface area contributed by atoms with Crippen LogP contribution in [0.2, 0.25) is 5.02 Å². The summed E-state index contributed by atoms with van der Waals surface area (Å²) >= 11 is 5.77. The molecule has 2 atom stereocenters. The summed E-state index contributed by atoms with van der Waals surface area (Å²) in [6.45, 7) is 1.23. The first-order valence-electron chi connectivity index (χ1n) is 6.15. The molecule has 0 radical (unpaired) electrons. The maximum Gasteiger partial charge on any atom is 0.323 e. The molecule has 8 heteroatoms. The number of anilines is 1. The zero-order valence-electron chi connectivity index (χ0n) is 11.7. The lowest BCUT2D eigenvalue weighted by atomic mass is 10.3. The van der Waals surface area contributed by atoms with Gasteiger partial charge in [-0.05, 0) is 31.2 Å². The number of carbonyl (C=O) groups excluding carboxylic acids is 1. The molecule has 1 rings (SSSR count). The molecule has 0 aliphatic heterocycles. The van der Waals surface area contributed by atoms with Gasteiger partial charge in [-0.1, -0.05) is 11.6 Å². The van der Waals surface area contributed by atoms with Crippen LogP contribution in [0.15, 0.2) is 24.3 Å². The molecule has 0 aromatic heterocycles. The van der Waals surface area contributed by atoms with Crippen molar-refractivity contribution in [1.29, 1.82) is 0 Å². The van der Waals surface area contributed by atoms with E-state index < -0.39 is 29.3 Å². The number of amides is 2. The number of nitrogens with one attached hydrogen (secondary N) is 1. The third-order valence-corrected chi connectivity index (χ3v) is 3.75. The predicted molar refractivity (Wildman–Crippen MR) is 83.4 cm³/mol. The molecule has 1 aromatic rings. The summed E-state index contributed by atoms with van der Waals surface area (Å²) in [6.07, 6.45) is 1.54. The lowest BCUT2D eigenvalue weighted by Gasteiger charge is -2.23. The van der Waals surface area contributed by atoms with Gasteiger partial charge in [-0.15, -0.1) is 0 Å². The zero-order valence-corrected chi connectivity index (χ0v) is 13.3. The van der Waals surface area contributed by atoms with E-state index in [2.05, 4.69) is 5.32 Å². The third kappa shape index (κ3) is 6.14. The zero-order chi connectivity index (χ0) is 16.0. The van der Waals surface area contributed by atoms with Gasteiger partial charge in [0.05, 0.1) is 0 Å². The van der Waals surface area contributed by atoms with E-state index in [1.165, 1.54) is 6.26 Å². The van der Waals surface area contributed by atoms with Gasteiger partial charge in [0, 0.05) is 39.6 Å². The molecule has 2 amide bonds. The van der Waals surface area contributed by atoms with Crippen LogP contribution in [0.4, 0.5) is 10.5 Å². The lowest BCUT2D eigenvalue weighted by Crippen LogP contribution is -2.47. The molecule has 1 aromatic carbocycles. The molecule has 0 saturated carbocycles. The van der Waals surface area contributed by atoms with Gasteiger partial charge < -0.3 is 10.4 Å². The van der Waals surface area contributed by atoms with Crippen molar-refractivity contribution in [2.24, 2.45) is 0 Å². The quantitative estimate of drug-likeness (QED) is 0.830. The van der Waals surface area contributed by atoms with E-state index in [1.807, 2.05) is 0 Å². The van der Waals surface area contributed by atoms with Gasteiger partial charge >= 0.3 is 12.0 Å². The second kappa shape index (κ2) is 7.99. The minimum atomic E-state index is -1.13. The fourth-order valence-corrected chi connectivity index (χ4v) is 2.63. The second-order valence-corrected chi connectivity index (χ2v) is 6.46. The topological polar surface area (TPSA) is 86.7 Å². The van der Waals surface area contributed by atoms with Gasteiger partial charge in [0.2, 0.25) is 0 Å². The van der Waals surface area contributed by atoms with Crippen LogP contribution in [0.3, 0.4) is 0 Å². The van der Waals surface area contributed by atoms with Crippen LogP contribution < -0.4 is 10.2 Å². The first-order chi connectivity index (χ1) is 9.79. The highest BCUT2D eigenvalue weighted by atomic mass is 35.5. The molecule has 2 unspecified atom stereocenters. The maximum atomic E-state index is 12.2. The van der Waals surface area contributed by atoms with Crippen molar-refractivity contribution < 1.29 is 18.9 Å².